The van der Waals surface area contributed by atoms with Gasteiger partial charge in [0.15, 0.2) is 18.2 Å². The van der Waals surface area contributed by atoms with Crippen LogP contribution in [0.5, 0.6) is 5.75 Å². The highest BCUT2D eigenvalue weighted by Crippen LogP contribution is 2.27. The first kappa shape index (κ1) is 13.7. The number of benzene rings is 1. The van der Waals surface area contributed by atoms with Crippen molar-refractivity contribution in [2.75, 3.05) is 0 Å². The lowest BCUT2D eigenvalue weighted by Gasteiger charge is -2.07. The van der Waals surface area contributed by atoms with Gasteiger partial charge in [0.05, 0.1) is 0 Å². The monoisotopic (exact) mass is 310 g/mol. The number of nitrogens with zero attached hydrogens (tertiary/aromatic N) is 2. The normalized spacial score (nSPS) is 11.5. The van der Waals surface area contributed by atoms with E-state index in [0.29, 0.717) is 0 Å². The summed E-state index contributed by atoms with van der Waals surface area (Å²) >= 11 is 0. The second-order valence-electron chi connectivity index (χ2n) is 3.26. The molecule has 2 rings (SSSR count). The van der Waals surface area contributed by atoms with E-state index in [0.717, 1.165) is 18.5 Å². The minimum atomic E-state index is -4.37. The van der Waals surface area contributed by atoms with Crippen molar-refractivity contribution in [3.05, 3.63) is 36.0 Å². The van der Waals surface area contributed by atoms with E-state index in [1.807, 2.05) is 0 Å². The van der Waals surface area contributed by atoms with Gasteiger partial charge in [0.25, 0.3) is 9.05 Å². The van der Waals surface area contributed by atoms with Gasteiger partial charge < -0.3 is 9.26 Å². The Kier molecular flexibility index (Phi) is 3.67. The summed E-state index contributed by atoms with van der Waals surface area (Å²) in [5.41, 5.74) is 0. The van der Waals surface area contributed by atoms with E-state index in [1.54, 1.807) is 0 Å². The van der Waals surface area contributed by atoms with Crippen molar-refractivity contribution in [1.82, 2.24) is 10.1 Å². The van der Waals surface area contributed by atoms with Gasteiger partial charge in [-0.25, -0.2) is 12.8 Å². The fourth-order valence-corrected chi connectivity index (χ4v) is 2.10. The molecule has 102 valence electrons. The number of hydrogen-bond acceptors (Lipinski definition) is 6. The fourth-order valence-electron chi connectivity index (χ4n) is 1.21. The lowest BCUT2D eigenvalue weighted by atomic mass is 10.3. The van der Waals surface area contributed by atoms with Crippen LogP contribution in [0.25, 0.3) is 0 Å². The Morgan fingerprint density at radius 3 is 2.63 bits per heavy atom. The van der Waals surface area contributed by atoms with E-state index in [9.17, 15) is 17.2 Å². The first-order valence-corrected chi connectivity index (χ1v) is 7.01. The second kappa shape index (κ2) is 5.10. The zero-order chi connectivity index (χ0) is 14.0. The first-order chi connectivity index (χ1) is 8.89. The molecule has 0 saturated carbocycles. The molecule has 0 aliphatic carbocycles. The Balaban J connectivity index is 2.26. The molecule has 1 aromatic carbocycles. The van der Waals surface area contributed by atoms with Crippen LogP contribution in [0.1, 0.15) is 5.82 Å². The van der Waals surface area contributed by atoms with Crippen LogP contribution in [0.3, 0.4) is 0 Å². The third kappa shape index (κ3) is 2.99. The quantitative estimate of drug-likeness (QED) is 0.802. The van der Waals surface area contributed by atoms with Gasteiger partial charge in [0.1, 0.15) is 4.90 Å². The fraction of sp³-hybridized carbons (Fsp3) is 0.111. The molecule has 2 aromatic rings. The zero-order valence-electron chi connectivity index (χ0n) is 9.01. The molecule has 19 heavy (non-hydrogen) atoms. The summed E-state index contributed by atoms with van der Waals surface area (Å²) in [5, 5.41) is 3.40. The van der Waals surface area contributed by atoms with Gasteiger partial charge in [-0.3, -0.25) is 0 Å². The SMILES string of the molecule is O=S(=O)(Cl)c1ccc(OCc2ncon2)c(F)c1F. The Morgan fingerprint density at radius 1 is 1.32 bits per heavy atom. The summed E-state index contributed by atoms with van der Waals surface area (Å²) in [5.74, 6) is -3.45. The summed E-state index contributed by atoms with van der Waals surface area (Å²) in [6.45, 7) is -0.264. The highest BCUT2D eigenvalue weighted by molar-refractivity contribution is 8.13. The van der Waals surface area contributed by atoms with Crippen LogP contribution in [0.15, 0.2) is 27.9 Å². The summed E-state index contributed by atoms with van der Waals surface area (Å²) in [4.78, 5) is 2.64. The number of hydrogen-bond donors (Lipinski definition) is 0. The summed E-state index contributed by atoms with van der Waals surface area (Å²) in [6.07, 6.45) is 1.04. The van der Waals surface area contributed by atoms with Crippen molar-refractivity contribution in [1.29, 1.82) is 0 Å². The average Bonchev–Trinajstić information content (AvgIpc) is 2.82. The van der Waals surface area contributed by atoms with Crippen molar-refractivity contribution in [3.8, 4) is 5.75 Å². The summed E-state index contributed by atoms with van der Waals surface area (Å²) < 4.78 is 58.2. The van der Waals surface area contributed by atoms with E-state index < -0.39 is 31.3 Å². The van der Waals surface area contributed by atoms with Crippen molar-refractivity contribution in [2.24, 2.45) is 0 Å². The first-order valence-electron chi connectivity index (χ1n) is 4.70. The maximum Gasteiger partial charge on any atom is 0.264 e. The van der Waals surface area contributed by atoms with Gasteiger partial charge in [-0.2, -0.15) is 9.37 Å². The lowest BCUT2D eigenvalue weighted by molar-refractivity contribution is 0.268. The summed E-state index contributed by atoms with van der Waals surface area (Å²) in [6, 6.07) is 1.74. The molecule has 0 aliphatic rings. The molecule has 0 bridgehead atoms. The molecule has 0 N–H and O–H groups in total. The molecule has 0 unspecified atom stereocenters. The molecule has 0 radical (unpaired) electrons. The maximum absolute atomic E-state index is 13.5. The largest absolute Gasteiger partial charge is 0.482 e. The van der Waals surface area contributed by atoms with Crippen molar-refractivity contribution < 1.29 is 26.5 Å². The molecular weight excluding hydrogens is 306 g/mol. The van der Waals surface area contributed by atoms with Crippen LogP contribution in [-0.4, -0.2) is 18.6 Å². The molecule has 1 aromatic heterocycles. The van der Waals surface area contributed by atoms with Crippen molar-refractivity contribution in [2.45, 2.75) is 11.5 Å². The van der Waals surface area contributed by atoms with Crippen LogP contribution in [0.2, 0.25) is 0 Å². The third-order valence-corrected chi connectivity index (χ3v) is 3.38. The molecule has 0 fully saturated rings. The van der Waals surface area contributed by atoms with E-state index >= 15 is 0 Å². The van der Waals surface area contributed by atoms with Crippen LogP contribution in [-0.2, 0) is 15.7 Å². The van der Waals surface area contributed by atoms with Gasteiger partial charge in [0.2, 0.25) is 18.0 Å². The molecule has 0 atom stereocenters. The molecule has 1 heterocycles. The van der Waals surface area contributed by atoms with Crippen LogP contribution < -0.4 is 4.74 Å². The molecule has 6 nitrogen and oxygen atoms in total. The minimum Gasteiger partial charge on any atom is -0.482 e. The van der Waals surface area contributed by atoms with Crippen LogP contribution in [0, 0.1) is 11.6 Å². The Bertz CT molecular complexity index is 690. The van der Waals surface area contributed by atoms with Crippen molar-refractivity contribution >= 4 is 19.7 Å². The van der Waals surface area contributed by atoms with E-state index in [1.165, 1.54) is 0 Å². The average molecular weight is 311 g/mol. The molecular formula is C9H5ClF2N2O4S. The van der Waals surface area contributed by atoms with E-state index in [-0.39, 0.29) is 12.4 Å². The highest BCUT2D eigenvalue weighted by atomic mass is 35.7. The van der Waals surface area contributed by atoms with Gasteiger partial charge in [0, 0.05) is 10.7 Å². The number of halogens is 3. The third-order valence-electron chi connectivity index (χ3n) is 2.04. The van der Waals surface area contributed by atoms with E-state index in [4.69, 9.17) is 15.4 Å². The Labute approximate surface area is 110 Å². The molecule has 0 spiro atoms. The standard InChI is InChI=1S/C9H5ClF2N2O4S/c10-19(15,16)6-2-1-5(8(11)9(6)12)17-3-7-13-4-18-14-7/h1-2,4H,3H2. The molecule has 0 aliphatic heterocycles. The minimum absolute atomic E-state index is 0.119. The van der Waals surface area contributed by atoms with Gasteiger partial charge in [-0.05, 0) is 12.1 Å². The van der Waals surface area contributed by atoms with Gasteiger partial charge in [-0.15, -0.1) is 0 Å². The second-order valence-corrected chi connectivity index (χ2v) is 5.80. The highest BCUT2D eigenvalue weighted by Gasteiger charge is 2.22. The van der Waals surface area contributed by atoms with Crippen molar-refractivity contribution in [3.63, 3.8) is 0 Å². The maximum atomic E-state index is 13.5. The predicted octanol–water partition coefficient (Wildman–Crippen LogP) is 1.85. The Morgan fingerprint density at radius 2 is 2.05 bits per heavy atom. The number of aromatic nitrogens is 2. The van der Waals surface area contributed by atoms with Crippen LogP contribution >= 0.6 is 10.7 Å². The number of rotatable bonds is 4. The Hall–Kier alpha value is -1.74. The van der Waals surface area contributed by atoms with Gasteiger partial charge >= 0.3 is 0 Å². The van der Waals surface area contributed by atoms with E-state index in [2.05, 4.69) is 14.7 Å². The number of ether oxygens (including phenoxy) is 1. The lowest BCUT2D eigenvalue weighted by Crippen LogP contribution is -2.04. The molecule has 10 heteroatoms. The van der Waals surface area contributed by atoms with Gasteiger partial charge in [-0.1, -0.05) is 5.16 Å². The predicted molar refractivity (Wildman–Crippen MR) is 58.0 cm³/mol. The molecule has 0 amide bonds. The molecule has 0 saturated heterocycles. The summed E-state index contributed by atoms with van der Waals surface area (Å²) in [7, 11) is 0.570. The topological polar surface area (TPSA) is 82.3 Å². The zero-order valence-corrected chi connectivity index (χ0v) is 10.6. The smallest absolute Gasteiger partial charge is 0.264 e. The van der Waals surface area contributed by atoms with Crippen LogP contribution in [0.4, 0.5) is 8.78 Å².